The molecule has 0 bridgehead atoms. The van der Waals surface area contributed by atoms with Crippen LogP contribution in [0, 0.1) is 18.3 Å². The number of hydrogen-bond donors (Lipinski definition) is 1. The fourth-order valence-corrected chi connectivity index (χ4v) is 2.54. The Balaban J connectivity index is 2.10. The zero-order valence-electron chi connectivity index (χ0n) is 14.7. The van der Waals surface area contributed by atoms with E-state index in [2.05, 4.69) is 10.2 Å². The molecule has 8 nitrogen and oxygen atoms in total. The van der Waals surface area contributed by atoms with Gasteiger partial charge in [-0.1, -0.05) is 6.07 Å². The molecule has 0 aliphatic heterocycles. The largest absolute Gasteiger partial charge is 0.497 e. The molecule has 2 aromatic heterocycles. The molecule has 0 fully saturated rings. The van der Waals surface area contributed by atoms with E-state index in [0.717, 1.165) is 4.57 Å². The zero-order valence-corrected chi connectivity index (χ0v) is 14.7. The molecule has 8 heteroatoms. The molecule has 0 unspecified atom stereocenters. The Hall–Kier alpha value is -3.86. The van der Waals surface area contributed by atoms with Gasteiger partial charge in [-0.3, -0.25) is 9.36 Å². The molecule has 136 valence electrons. The van der Waals surface area contributed by atoms with Crippen LogP contribution in [-0.2, 0) is 6.54 Å². The summed E-state index contributed by atoms with van der Waals surface area (Å²) in [5.41, 5.74) is 0.0891. The first kappa shape index (κ1) is 17.9. The SMILES string of the molecule is COc1cccc(N=Nc2c(C)c(C#N)c(O)n(Cc3ccco3)c2=O)c1. The summed E-state index contributed by atoms with van der Waals surface area (Å²) < 4.78 is 11.4. The number of hydrogen-bond acceptors (Lipinski definition) is 7. The molecule has 0 aliphatic carbocycles. The summed E-state index contributed by atoms with van der Waals surface area (Å²) in [6, 6.07) is 12.1. The lowest BCUT2D eigenvalue weighted by Crippen LogP contribution is -2.22. The molecule has 0 saturated heterocycles. The van der Waals surface area contributed by atoms with Gasteiger partial charge in [0.25, 0.3) is 5.56 Å². The highest BCUT2D eigenvalue weighted by molar-refractivity contribution is 5.57. The van der Waals surface area contributed by atoms with Crippen LogP contribution in [0.5, 0.6) is 11.6 Å². The van der Waals surface area contributed by atoms with Crippen LogP contribution in [0.15, 0.2) is 62.1 Å². The van der Waals surface area contributed by atoms with Gasteiger partial charge in [0, 0.05) is 11.6 Å². The van der Waals surface area contributed by atoms with Crippen molar-refractivity contribution in [2.45, 2.75) is 13.5 Å². The van der Waals surface area contributed by atoms with E-state index in [1.165, 1.54) is 20.3 Å². The number of benzene rings is 1. The number of furan rings is 1. The minimum atomic E-state index is -0.577. The van der Waals surface area contributed by atoms with Crippen molar-refractivity contribution < 1.29 is 14.3 Å². The first-order valence-corrected chi connectivity index (χ1v) is 7.99. The number of rotatable bonds is 5. The highest BCUT2D eigenvalue weighted by Gasteiger charge is 2.20. The summed E-state index contributed by atoms with van der Waals surface area (Å²) in [4.78, 5) is 12.8. The quantitative estimate of drug-likeness (QED) is 0.692. The lowest BCUT2D eigenvalue weighted by atomic mass is 10.1. The molecule has 3 rings (SSSR count). The minimum absolute atomic E-state index is 0.0290. The van der Waals surface area contributed by atoms with Crippen LogP contribution in [0.3, 0.4) is 0 Å². The van der Waals surface area contributed by atoms with E-state index in [0.29, 0.717) is 17.2 Å². The van der Waals surface area contributed by atoms with E-state index >= 15 is 0 Å². The number of pyridine rings is 1. The van der Waals surface area contributed by atoms with Gasteiger partial charge in [-0.15, -0.1) is 5.11 Å². The Morgan fingerprint density at radius 3 is 2.78 bits per heavy atom. The van der Waals surface area contributed by atoms with Gasteiger partial charge in [0.1, 0.15) is 23.1 Å². The average Bonchev–Trinajstić information content (AvgIpc) is 3.19. The number of azo groups is 1. The van der Waals surface area contributed by atoms with Crippen molar-refractivity contribution in [2.24, 2.45) is 10.2 Å². The second-order valence-corrected chi connectivity index (χ2v) is 5.66. The summed E-state index contributed by atoms with van der Waals surface area (Å²) in [6.07, 6.45) is 1.46. The Morgan fingerprint density at radius 1 is 1.30 bits per heavy atom. The smallest absolute Gasteiger partial charge is 0.281 e. The molecule has 0 aliphatic rings. The summed E-state index contributed by atoms with van der Waals surface area (Å²) in [5, 5.41) is 27.8. The Labute approximate surface area is 154 Å². The van der Waals surface area contributed by atoms with Gasteiger partial charge in [0.15, 0.2) is 5.69 Å². The van der Waals surface area contributed by atoms with Crippen molar-refractivity contribution in [3.05, 3.63) is 69.9 Å². The van der Waals surface area contributed by atoms with Gasteiger partial charge in [-0.05, 0) is 31.2 Å². The van der Waals surface area contributed by atoms with Crippen LogP contribution in [0.25, 0.3) is 0 Å². The maximum absolute atomic E-state index is 12.8. The molecular formula is C19H16N4O4. The fraction of sp³-hybridized carbons (Fsp3) is 0.158. The summed E-state index contributed by atoms with van der Waals surface area (Å²) in [5.74, 6) is 0.620. The van der Waals surface area contributed by atoms with Crippen molar-refractivity contribution in [2.75, 3.05) is 7.11 Å². The highest BCUT2D eigenvalue weighted by Crippen LogP contribution is 2.28. The number of nitrogens with zero attached hydrogens (tertiary/aromatic N) is 4. The Bertz CT molecular complexity index is 1090. The molecule has 0 atom stereocenters. The molecule has 0 amide bonds. The Kier molecular flexibility index (Phi) is 5.04. The van der Waals surface area contributed by atoms with Gasteiger partial charge in [-0.2, -0.15) is 10.4 Å². The van der Waals surface area contributed by atoms with E-state index in [-0.39, 0.29) is 23.4 Å². The second kappa shape index (κ2) is 7.58. The molecule has 0 saturated carbocycles. The van der Waals surface area contributed by atoms with E-state index in [1.807, 2.05) is 6.07 Å². The van der Waals surface area contributed by atoms with Crippen LogP contribution in [0.4, 0.5) is 11.4 Å². The third-order valence-electron chi connectivity index (χ3n) is 3.98. The molecule has 2 heterocycles. The van der Waals surface area contributed by atoms with Gasteiger partial charge >= 0.3 is 0 Å². The number of ether oxygens (including phenoxy) is 1. The maximum atomic E-state index is 12.8. The molecule has 27 heavy (non-hydrogen) atoms. The van der Waals surface area contributed by atoms with Gasteiger partial charge < -0.3 is 14.3 Å². The van der Waals surface area contributed by atoms with Crippen LogP contribution in [0.1, 0.15) is 16.9 Å². The second-order valence-electron chi connectivity index (χ2n) is 5.66. The van der Waals surface area contributed by atoms with Crippen LogP contribution < -0.4 is 10.3 Å². The summed E-state index contributed by atoms with van der Waals surface area (Å²) >= 11 is 0. The van der Waals surface area contributed by atoms with Crippen molar-refractivity contribution in [3.63, 3.8) is 0 Å². The fourth-order valence-electron chi connectivity index (χ4n) is 2.54. The number of aromatic hydroxyl groups is 1. The normalized spacial score (nSPS) is 10.9. The third kappa shape index (κ3) is 3.57. The molecule has 0 spiro atoms. The Morgan fingerprint density at radius 2 is 2.11 bits per heavy atom. The number of methoxy groups -OCH3 is 1. The zero-order chi connectivity index (χ0) is 19.4. The van der Waals surface area contributed by atoms with Crippen molar-refractivity contribution in [3.8, 4) is 17.7 Å². The van der Waals surface area contributed by atoms with E-state index in [9.17, 15) is 15.2 Å². The summed E-state index contributed by atoms with van der Waals surface area (Å²) in [6.45, 7) is 1.51. The van der Waals surface area contributed by atoms with Crippen molar-refractivity contribution >= 4 is 11.4 Å². The molecule has 1 aromatic carbocycles. The number of nitriles is 1. The van der Waals surface area contributed by atoms with E-state index < -0.39 is 11.4 Å². The van der Waals surface area contributed by atoms with E-state index in [1.54, 1.807) is 36.4 Å². The first-order valence-electron chi connectivity index (χ1n) is 7.99. The van der Waals surface area contributed by atoms with Gasteiger partial charge in [-0.25, -0.2) is 0 Å². The molecule has 1 N–H and O–H groups in total. The van der Waals surface area contributed by atoms with E-state index in [4.69, 9.17) is 9.15 Å². The lowest BCUT2D eigenvalue weighted by molar-refractivity contribution is 0.397. The predicted octanol–water partition coefficient (Wildman–Crippen LogP) is 3.80. The monoisotopic (exact) mass is 364 g/mol. The topological polar surface area (TPSA) is 113 Å². The van der Waals surface area contributed by atoms with Crippen LogP contribution >= 0.6 is 0 Å². The van der Waals surface area contributed by atoms with Crippen LogP contribution in [0.2, 0.25) is 0 Å². The first-order chi connectivity index (χ1) is 13.0. The molecule has 0 radical (unpaired) electrons. The standard InChI is InChI=1S/C19H16N4O4/c1-12-16(10-20)18(24)23(11-15-7-4-8-27-15)19(25)17(12)22-21-13-5-3-6-14(9-13)26-2/h3-9,24H,11H2,1-2H3. The molecular weight excluding hydrogens is 348 g/mol. The minimum Gasteiger partial charge on any atom is -0.497 e. The van der Waals surface area contributed by atoms with Crippen LogP contribution in [-0.4, -0.2) is 16.8 Å². The van der Waals surface area contributed by atoms with Gasteiger partial charge in [0.2, 0.25) is 5.88 Å². The highest BCUT2D eigenvalue weighted by atomic mass is 16.5. The third-order valence-corrected chi connectivity index (χ3v) is 3.98. The number of aromatic nitrogens is 1. The lowest BCUT2D eigenvalue weighted by Gasteiger charge is -2.11. The van der Waals surface area contributed by atoms with Gasteiger partial charge in [0.05, 0.1) is 25.6 Å². The average molecular weight is 364 g/mol. The van der Waals surface area contributed by atoms with Crippen molar-refractivity contribution in [1.29, 1.82) is 5.26 Å². The summed E-state index contributed by atoms with van der Waals surface area (Å²) in [7, 11) is 1.53. The predicted molar refractivity (Wildman–Crippen MR) is 96.8 cm³/mol. The molecule has 3 aromatic rings. The van der Waals surface area contributed by atoms with Crippen molar-refractivity contribution in [1.82, 2.24) is 4.57 Å². The maximum Gasteiger partial charge on any atom is 0.281 e.